The lowest BCUT2D eigenvalue weighted by atomic mass is 10.2. The Kier molecular flexibility index (Phi) is 6.98. The highest BCUT2D eigenvalue weighted by Gasteiger charge is 2.05. The first-order valence-electron chi connectivity index (χ1n) is 8.04. The van der Waals surface area contributed by atoms with E-state index < -0.39 is 11.6 Å². The first kappa shape index (κ1) is 19.3. The van der Waals surface area contributed by atoms with Crippen LogP contribution in [0.2, 0.25) is 0 Å². The molecule has 0 heterocycles. The summed E-state index contributed by atoms with van der Waals surface area (Å²) in [7, 11) is 0. The highest BCUT2D eigenvalue weighted by Crippen LogP contribution is 2.17. The Balaban J connectivity index is 1.75. The monoisotopic (exact) mass is 359 g/mol. The molecule has 2 aromatic rings. The molecule has 0 saturated heterocycles. The number of ether oxygens (including phenoxy) is 2. The van der Waals surface area contributed by atoms with Crippen LogP contribution in [-0.4, -0.2) is 25.2 Å². The van der Waals surface area contributed by atoms with Crippen LogP contribution >= 0.6 is 0 Å². The molecule has 0 bridgehead atoms. The molecule has 1 amide bonds. The zero-order valence-electron chi connectivity index (χ0n) is 14.5. The first-order chi connectivity index (χ1) is 12.5. The number of halogens is 2. The summed E-state index contributed by atoms with van der Waals surface area (Å²) in [6.07, 6.45) is 0.0653. The minimum atomic E-state index is -0.787. The quantitative estimate of drug-likeness (QED) is 0.803. The Morgan fingerprint density at radius 1 is 1.12 bits per heavy atom. The standard InChI is InChI=1S/C20H19F2NO3/c1-14(2)26-17-8-5-15(6-9-17)20(24)23-11-3-4-12-25-19-10-7-16(21)13-18(19)22/h5-10,13-14H,11-12H2,1-2H3,(H,23,24). The average molecular weight is 359 g/mol. The van der Waals surface area contributed by atoms with Crippen molar-refractivity contribution in [3.05, 3.63) is 59.7 Å². The maximum Gasteiger partial charge on any atom is 0.252 e. The summed E-state index contributed by atoms with van der Waals surface area (Å²) in [6.45, 7) is 3.90. The molecular formula is C20H19F2NO3. The van der Waals surface area contributed by atoms with Crippen LogP contribution in [0.4, 0.5) is 8.78 Å². The Bertz CT molecular complexity index is 808. The van der Waals surface area contributed by atoms with Crippen LogP contribution in [0, 0.1) is 23.5 Å². The van der Waals surface area contributed by atoms with Crippen molar-refractivity contribution in [2.75, 3.05) is 13.2 Å². The van der Waals surface area contributed by atoms with Crippen LogP contribution in [0.15, 0.2) is 42.5 Å². The molecule has 0 aliphatic heterocycles. The molecule has 136 valence electrons. The Labute approximate surface area is 151 Å². The van der Waals surface area contributed by atoms with E-state index in [2.05, 4.69) is 17.2 Å². The third kappa shape index (κ3) is 6.10. The largest absolute Gasteiger partial charge is 0.491 e. The van der Waals surface area contributed by atoms with Gasteiger partial charge in [-0.2, -0.15) is 0 Å². The Morgan fingerprint density at radius 2 is 1.85 bits per heavy atom. The van der Waals surface area contributed by atoms with Crippen molar-refractivity contribution in [2.24, 2.45) is 0 Å². The minimum absolute atomic E-state index is 0.0653. The van der Waals surface area contributed by atoms with Gasteiger partial charge in [0.2, 0.25) is 0 Å². The maximum atomic E-state index is 13.3. The zero-order valence-corrected chi connectivity index (χ0v) is 14.5. The van der Waals surface area contributed by atoms with Crippen molar-refractivity contribution in [2.45, 2.75) is 20.0 Å². The summed E-state index contributed by atoms with van der Waals surface area (Å²) in [6, 6.07) is 9.82. The lowest BCUT2D eigenvalue weighted by molar-refractivity contribution is 0.0958. The van der Waals surface area contributed by atoms with Gasteiger partial charge in [0.05, 0.1) is 12.6 Å². The number of amides is 1. The van der Waals surface area contributed by atoms with E-state index in [9.17, 15) is 13.6 Å². The fourth-order valence-corrected chi connectivity index (χ4v) is 2.00. The van der Waals surface area contributed by atoms with Crippen molar-refractivity contribution < 1.29 is 23.0 Å². The number of carbonyl (C=O) groups excluding carboxylic acids is 1. The molecule has 0 saturated carbocycles. The SMILES string of the molecule is CC(C)Oc1ccc(C(=O)NCC#CCOc2ccc(F)cc2F)cc1. The van der Waals surface area contributed by atoms with Gasteiger partial charge >= 0.3 is 0 Å². The lowest BCUT2D eigenvalue weighted by Crippen LogP contribution is -2.23. The summed E-state index contributed by atoms with van der Waals surface area (Å²) in [5.41, 5.74) is 0.493. The third-order valence-electron chi connectivity index (χ3n) is 3.14. The molecule has 0 aliphatic rings. The molecular weight excluding hydrogens is 340 g/mol. The number of carbonyl (C=O) groups is 1. The summed E-state index contributed by atoms with van der Waals surface area (Å²) < 4.78 is 36.7. The van der Waals surface area contributed by atoms with Crippen LogP contribution < -0.4 is 14.8 Å². The summed E-state index contributed by atoms with van der Waals surface area (Å²) in [5, 5.41) is 2.64. The molecule has 4 nitrogen and oxygen atoms in total. The van der Waals surface area contributed by atoms with Gasteiger partial charge in [0.25, 0.3) is 5.91 Å². The molecule has 26 heavy (non-hydrogen) atoms. The number of benzene rings is 2. The molecule has 0 spiro atoms. The van der Waals surface area contributed by atoms with Crippen LogP contribution in [0.1, 0.15) is 24.2 Å². The summed E-state index contributed by atoms with van der Waals surface area (Å²) in [5.74, 6) is 4.24. The molecule has 0 fully saturated rings. The normalized spacial score (nSPS) is 10.0. The van der Waals surface area contributed by atoms with Crippen molar-refractivity contribution in [1.82, 2.24) is 5.32 Å². The van der Waals surface area contributed by atoms with Gasteiger partial charge in [0, 0.05) is 11.6 Å². The van der Waals surface area contributed by atoms with Crippen LogP contribution in [0.3, 0.4) is 0 Å². The van der Waals surface area contributed by atoms with Crippen molar-refractivity contribution in [3.8, 4) is 23.3 Å². The van der Waals surface area contributed by atoms with E-state index in [1.165, 1.54) is 6.07 Å². The van der Waals surface area contributed by atoms with E-state index in [-0.39, 0.29) is 30.9 Å². The second-order valence-electron chi connectivity index (χ2n) is 5.59. The highest BCUT2D eigenvalue weighted by atomic mass is 19.1. The van der Waals surface area contributed by atoms with Crippen molar-refractivity contribution in [1.29, 1.82) is 0 Å². The second-order valence-corrected chi connectivity index (χ2v) is 5.59. The van der Waals surface area contributed by atoms with Crippen molar-refractivity contribution >= 4 is 5.91 Å². The first-order valence-corrected chi connectivity index (χ1v) is 8.04. The van der Waals surface area contributed by atoms with E-state index in [4.69, 9.17) is 9.47 Å². The summed E-state index contributed by atoms with van der Waals surface area (Å²) in [4.78, 5) is 12.0. The van der Waals surface area contributed by atoms with Crippen LogP contribution in [0.5, 0.6) is 11.5 Å². The Morgan fingerprint density at radius 3 is 2.50 bits per heavy atom. The number of hydrogen-bond acceptors (Lipinski definition) is 3. The van der Waals surface area contributed by atoms with Gasteiger partial charge in [-0.25, -0.2) is 8.78 Å². The maximum absolute atomic E-state index is 13.3. The van der Waals surface area contributed by atoms with Gasteiger partial charge in [-0.05, 0) is 50.2 Å². The molecule has 0 unspecified atom stereocenters. The van der Waals surface area contributed by atoms with Crippen molar-refractivity contribution in [3.63, 3.8) is 0 Å². The van der Waals surface area contributed by atoms with Gasteiger partial charge in [-0.15, -0.1) is 0 Å². The minimum Gasteiger partial charge on any atom is -0.491 e. The highest BCUT2D eigenvalue weighted by molar-refractivity contribution is 5.94. The van der Waals surface area contributed by atoms with E-state index in [1.807, 2.05) is 13.8 Å². The molecule has 0 radical (unpaired) electrons. The second kappa shape index (κ2) is 9.42. The molecule has 6 heteroatoms. The van der Waals surface area contributed by atoms with Gasteiger partial charge in [-0.1, -0.05) is 11.8 Å². The average Bonchev–Trinajstić information content (AvgIpc) is 2.59. The predicted molar refractivity (Wildman–Crippen MR) is 94.2 cm³/mol. The zero-order chi connectivity index (χ0) is 18.9. The van der Waals surface area contributed by atoms with Crippen LogP contribution in [0.25, 0.3) is 0 Å². The van der Waals surface area contributed by atoms with Crippen LogP contribution in [-0.2, 0) is 0 Å². The smallest absolute Gasteiger partial charge is 0.252 e. The van der Waals surface area contributed by atoms with E-state index in [1.54, 1.807) is 24.3 Å². The van der Waals surface area contributed by atoms with Gasteiger partial charge in [-0.3, -0.25) is 4.79 Å². The molecule has 2 aromatic carbocycles. The molecule has 0 aromatic heterocycles. The summed E-state index contributed by atoms with van der Waals surface area (Å²) >= 11 is 0. The number of hydrogen-bond donors (Lipinski definition) is 1. The Hall–Kier alpha value is -3.07. The number of rotatable bonds is 6. The molecule has 2 rings (SSSR count). The number of nitrogens with one attached hydrogen (secondary N) is 1. The van der Waals surface area contributed by atoms with E-state index in [0.717, 1.165) is 12.1 Å². The molecule has 1 N–H and O–H groups in total. The molecule has 0 atom stereocenters. The van der Waals surface area contributed by atoms with Gasteiger partial charge in [0.15, 0.2) is 11.6 Å². The predicted octanol–water partition coefficient (Wildman–Crippen LogP) is 3.56. The van der Waals surface area contributed by atoms with Gasteiger partial charge in [0.1, 0.15) is 18.2 Å². The van der Waals surface area contributed by atoms with E-state index >= 15 is 0 Å². The lowest BCUT2D eigenvalue weighted by Gasteiger charge is -2.09. The van der Waals surface area contributed by atoms with Gasteiger partial charge < -0.3 is 14.8 Å². The van der Waals surface area contributed by atoms with E-state index in [0.29, 0.717) is 11.3 Å². The third-order valence-corrected chi connectivity index (χ3v) is 3.14. The molecule has 0 aliphatic carbocycles. The topological polar surface area (TPSA) is 47.6 Å². The fraction of sp³-hybridized carbons (Fsp3) is 0.250. The fourth-order valence-electron chi connectivity index (χ4n) is 2.00.